The Bertz CT molecular complexity index is 712. The lowest BCUT2D eigenvalue weighted by atomic mass is 9.99. The van der Waals surface area contributed by atoms with E-state index >= 15 is 0 Å². The van der Waals surface area contributed by atoms with Gasteiger partial charge in [-0.1, -0.05) is 19.1 Å². The zero-order valence-electron chi connectivity index (χ0n) is 14.3. The highest BCUT2D eigenvalue weighted by molar-refractivity contribution is 5.79. The third-order valence-electron chi connectivity index (χ3n) is 4.73. The summed E-state index contributed by atoms with van der Waals surface area (Å²) in [6.07, 6.45) is 6.53. The highest BCUT2D eigenvalue weighted by Crippen LogP contribution is 2.23. The van der Waals surface area contributed by atoms with E-state index in [1.807, 2.05) is 42.0 Å². The molecule has 5 heteroatoms. The highest BCUT2D eigenvalue weighted by atomic mass is 19.1. The molecule has 128 valence electrons. The van der Waals surface area contributed by atoms with Gasteiger partial charge in [0.1, 0.15) is 5.82 Å². The number of likely N-dealkylation sites (tertiary alicyclic amines) is 1. The maximum Gasteiger partial charge on any atom is 0.225 e. The summed E-state index contributed by atoms with van der Waals surface area (Å²) in [6.45, 7) is 3.56. The normalized spacial score (nSPS) is 18.8. The molecule has 2 heterocycles. The van der Waals surface area contributed by atoms with Crippen LogP contribution in [0, 0.1) is 17.7 Å². The van der Waals surface area contributed by atoms with Crippen LogP contribution in [0.15, 0.2) is 36.7 Å². The van der Waals surface area contributed by atoms with Gasteiger partial charge >= 0.3 is 0 Å². The standard InChI is InChI=1S/C19H24FN3O/c1-14(8-15-4-3-5-18(20)10-15)19(24)23-7-6-16(13-23)9-17-11-21-22(2)12-17/h3-5,10-12,14,16H,6-9,13H2,1-2H3. The van der Waals surface area contributed by atoms with Gasteiger partial charge in [0.15, 0.2) is 0 Å². The van der Waals surface area contributed by atoms with Crippen LogP contribution in [0.1, 0.15) is 24.5 Å². The molecule has 1 aliphatic heterocycles. The smallest absolute Gasteiger partial charge is 0.225 e. The van der Waals surface area contributed by atoms with Gasteiger partial charge in [-0.2, -0.15) is 5.10 Å². The number of aryl methyl sites for hydroxylation is 1. The molecular weight excluding hydrogens is 305 g/mol. The van der Waals surface area contributed by atoms with Gasteiger partial charge in [-0.05, 0) is 48.4 Å². The predicted octanol–water partition coefficient (Wildman–Crippen LogP) is 2.83. The van der Waals surface area contributed by atoms with E-state index in [4.69, 9.17) is 0 Å². The van der Waals surface area contributed by atoms with Gasteiger partial charge in [0.05, 0.1) is 6.20 Å². The Labute approximate surface area is 142 Å². The molecule has 0 spiro atoms. The van der Waals surface area contributed by atoms with Crippen molar-refractivity contribution in [3.05, 3.63) is 53.6 Å². The number of carbonyl (C=O) groups is 1. The predicted molar refractivity (Wildman–Crippen MR) is 90.9 cm³/mol. The Morgan fingerprint density at radius 2 is 2.25 bits per heavy atom. The van der Waals surface area contributed by atoms with Crippen molar-refractivity contribution in [2.24, 2.45) is 18.9 Å². The number of carbonyl (C=O) groups excluding carboxylic acids is 1. The highest BCUT2D eigenvalue weighted by Gasteiger charge is 2.29. The van der Waals surface area contributed by atoms with Crippen LogP contribution in [-0.2, 0) is 24.7 Å². The third kappa shape index (κ3) is 4.02. The summed E-state index contributed by atoms with van der Waals surface area (Å²) >= 11 is 0. The Balaban J connectivity index is 1.53. The van der Waals surface area contributed by atoms with Crippen LogP contribution >= 0.6 is 0 Å². The van der Waals surface area contributed by atoms with Crippen molar-refractivity contribution in [3.63, 3.8) is 0 Å². The summed E-state index contributed by atoms with van der Waals surface area (Å²) in [5.74, 6) is 0.307. The SMILES string of the molecule is CC(Cc1cccc(F)c1)C(=O)N1CCC(Cc2cnn(C)c2)C1. The molecule has 1 amide bonds. The van der Waals surface area contributed by atoms with Crippen molar-refractivity contribution in [1.82, 2.24) is 14.7 Å². The van der Waals surface area contributed by atoms with E-state index in [9.17, 15) is 9.18 Å². The lowest BCUT2D eigenvalue weighted by Crippen LogP contribution is -2.34. The van der Waals surface area contributed by atoms with Crippen LogP contribution in [0.25, 0.3) is 0 Å². The molecule has 0 saturated carbocycles. The van der Waals surface area contributed by atoms with E-state index in [1.165, 1.54) is 17.7 Å². The summed E-state index contributed by atoms with van der Waals surface area (Å²) in [5, 5.41) is 4.20. The molecule has 2 aromatic rings. The summed E-state index contributed by atoms with van der Waals surface area (Å²) in [5.41, 5.74) is 2.10. The number of hydrogen-bond donors (Lipinski definition) is 0. The number of benzene rings is 1. The fourth-order valence-electron chi connectivity index (χ4n) is 3.53. The second-order valence-corrected chi connectivity index (χ2v) is 6.90. The Kier molecular flexibility index (Phi) is 4.97. The molecule has 4 nitrogen and oxygen atoms in total. The Morgan fingerprint density at radius 3 is 2.96 bits per heavy atom. The maximum absolute atomic E-state index is 13.3. The van der Waals surface area contributed by atoms with Crippen LogP contribution in [-0.4, -0.2) is 33.7 Å². The zero-order chi connectivity index (χ0) is 17.1. The van der Waals surface area contributed by atoms with Gasteiger partial charge in [0.25, 0.3) is 0 Å². The molecular formula is C19H24FN3O. The van der Waals surface area contributed by atoms with Gasteiger partial charge in [0.2, 0.25) is 5.91 Å². The van der Waals surface area contributed by atoms with Crippen molar-refractivity contribution in [1.29, 1.82) is 0 Å². The minimum Gasteiger partial charge on any atom is -0.342 e. The van der Waals surface area contributed by atoms with Crippen molar-refractivity contribution in [2.75, 3.05) is 13.1 Å². The van der Waals surface area contributed by atoms with Gasteiger partial charge in [-0.15, -0.1) is 0 Å². The van der Waals surface area contributed by atoms with Gasteiger partial charge < -0.3 is 4.90 Å². The van der Waals surface area contributed by atoms with Crippen molar-refractivity contribution in [3.8, 4) is 0 Å². The molecule has 0 bridgehead atoms. The molecule has 1 aliphatic rings. The van der Waals surface area contributed by atoms with Crippen molar-refractivity contribution >= 4 is 5.91 Å². The maximum atomic E-state index is 13.3. The number of amides is 1. The average molecular weight is 329 g/mol. The Morgan fingerprint density at radius 1 is 1.42 bits per heavy atom. The van der Waals surface area contributed by atoms with Crippen LogP contribution in [0.2, 0.25) is 0 Å². The molecule has 1 aromatic carbocycles. The van der Waals surface area contributed by atoms with Gasteiger partial charge in [0, 0.05) is 32.3 Å². The first-order chi connectivity index (χ1) is 11.5. The molecule has 24 heavy (non-hydrogen) atoms. The minimum absolute atomic E-state index is 0.121. The first kappa shape index (κ1) is 16.7. The van der Waals surface area contributed by atoms with Crippen molar-refractivity contribution in [2.45, 2.75) is 26.2 Å². The zero-order valence-corrected chi connectivity index (χ0v) is 14.3. The summed E-state index contributed by atoms with van der Waals surface area (Å²) in [7, 11) is 1.92. The van der Waals surface area contributed by atoms with E-state index < -0.39 is 0 Å². The van der Waals surface area contributed by atoms with E-state index in [1.54, 1.807) is 6.07 Å². The summed E-state index contributed by atoms with van der Waals surface area (Å²) in [6, 6.07) is 6.52. The van der Waals surface area contributed by atoms with Crippen LogP contribution in [0.5, 0.6) is 0 Å². The molecule has 2 atom stereocenters. The first-order valence-corrected chi connectivity index (χ1v) is 8.52. The number of hydrogen-bond acceptors (Lipinski definition) is 2. The van der Waals surface area contributed by atoms with Gasteiger partial charge in [-0.25, -0.2) is 4.39 Å². The van der Waals surface area contributed by atoms with E-state index in [2.05, 4.69) is 5.10 Å². The lowest BCUT2D eigenvalue weighted by molar-refractivity contribution is -0.134. The third-order valence-corrected chi connectivity index (χ3v) is 4.73. The number of rotatable bonds is 5. The molecule has 1 aromatic heterocycles. The number of nitrogens with zero attached hydrogens (tertiary/aromatic N) is 3. The fourth-order valence-corrected chi connectivity index (χ4v) is 3.53. The monoisotopic (exact) mass is 329 g/mol. The topological polar surface area (TPSA) is 38.1 Å². The summed E-state index contributed by atoms with van der Waals surface area (Å²) < 4.78 is 15.1. The molecule has 0 N–H and O–H groups in total. The summed E-state index contributed by atoms with van der Waals surface area (Å²) in [4.78, 5) is 14.6. The number of halogens is 1. The van der Waals surface area contributed by atoms with Crippen molar-refractivity contribution < 1.29 is 9.18 Å². The quantitative estimate of drug-likeness (QED) is 0.846. The van der Waals surface area contributed by atoms with E-state index in [-0.39, 0.29) is 17.6 Å². The molecule has 1 fully saturated rings. The lowest BCUT2D eigenvalue weighted by Gasteiger charge is -2.21. The molecule has 1 saturated heterocycles. The molecule has 0 radical (unpaired) electrons. The largest absolute Gasteiger partial charge is 0.342 e. The van der Waals surface area contributed by atoms with E-state index in [0.29, 0.717) is 12.3 Å². The van der Waals surface area contributed by atoms with Crippen LogP contribution in [0.4, 0.5) is 4.39 Å². The molecule has 3 rings (SSSR count). The first-order valence-electron chi connectivity index (χ1n) is 8.52. The number of aromatic nitrogens is 2. The fraction of sp³-hybridized carbons (Fsp3) is 0.474. The second-order valence-electron chi connectivity index (χ2n) is 6.90. The Hall–Kier alpha value is -2.17. The average Bonchev–Trinajstić information content (AvgIpc) is 3.16. The molecule has 2 unspecified atom stereocenters. The van der Waals surface area contributed by atoms with E-state index in [0.717, 1.165) is 31.5 Å². The van der Waals surface area contributed by atoms with Crippen LogP contribution < -0.4 is 0 Å². The van der Waals surface area contributed by atoms with Crippen LogP contribution in [0.3, 0.4) is 0 Å². The minimum atomic E-state index is -0.246. The van der Waals surface area contributed by atoms with Gasteiger partial charge in [-0.3, -0.25) is 9.48 Å². The second kappa shape index (κ2) is 7.16. The molecule has 0 aliphatic carbocycles.